The molecular formula is C16H27N3O4. The van der Waals surface area contributed by atoms with Gasteiger partial charge in [-0.3, -0.25) is 4.79 Å². The fourth-order valence-corrected chi connectivity index (χ4v) is 2.96. The van der Waals surface area contributed by atoms with E-state index in [-0.39, 0.29) is 36.5 Å². The highest BCUT2D eigenvalue weighted by atomic mass is 16.6. The van der Waals surface area contributed by atoms with Crippen molar-refractivity contribution in [3.8, 4) is 0 Å². The van der Waals surface area contributed by atoms with Crippen LogP contribution in [0.3, 0.4) is 0 Å². The van der Waals surface area contributed by atoms with Gasteiger partial charge >= 0.3 is 0 Å². The van der Waals surface area contributed by atoms with E-state index in [1.165, 1.54) is 0 Å². The molecule has 1 amide bonds. The van der Waals surface area contributed by atoms with Crippen molar-refractivity contribution in [3.63, 3.8) is 0 Å². The number of nitrogens with zero attached hydrogens (tertiary/aromatic N) is 2. The molecule has 1 aromatic rings. The number of nitrogens with one attached hydrogen (secondary N) is 1. The summed E-state index contributed by atoms with van der Waals surface area (Å²) in [5.74, 6) is 1.23. The minimum atomic E-state index is -0.100. The van der Waals surface area contributed by atoms with Crippen LogP contribution in [0.4, 0.5) is 0 Å². The summed E-state index contributed by atoms with van der Waals surface area (Å²) in [7, 11) is 3.31. The molecule has 0 aromatic carbocycles. The van der Waals surface area contributed by atoms with Crippen LogP contribution in [0.5, 0.6) is 0 Å². The number of hydrogen-bond acceptors (Lipinski definition) is 5. The number of imidazole rings is 1. The first-order valence-electron chi connectivity index (χ1n) is 7.97. The van der Waals surface area contributed by atoms with Gasteiger partial charge in [0.2, 0.25) is 5.91 Å². The first-order valence-corrected chi connectivity index (χ1v) is 7.97. The summed E-state index contributed by atoms with van der Waals surface area (Å²) in [4.78, 5) is 16.5. The zero-order chi connectivity index (χ0) is 16.8. The minimum Gasteiger partial charge on any atom is -0.378 e. The van der Waals surface area contributed by atoms with Crippen molar-refractivity contribution in [2.45, 2.75) is 38.5 Å². The normalized spacial score (nSPS) is 24.8. The second-order valence-electron chi connectivity index (χ2n) is 6.14. The minimum absolute atomic E-state index is 0.0423. The number of carbonyl (C=O) groups is 1. The van der Waals surface area contributed by atoms with Crippen molar-refractivity contribution >= 4 is 5.91 Å². The summed E-state index contributed by atoms with van der Waals surface area (Å²) in [5, 5.41) is 2.96. The maximum atomic E-state index is 12.2. The summed E-state index contributed by atoms with van der Waals surface area (Å²) in [6, 6.07) is 0. The number of hydrogen-bond donors (Lipinski definition) is 1. The monoisotopic (exact) mass is 325 g/mol. The van der Waals surface area contributed by atoms with Crippen LogP contribution in [0.2, 0.25) is 0 Å². The molecule has 2 heterocycles. The largest absolute Gasteiger partial charge is 0.378 e. The van der Waals surface area contributed by atoms with Gasteiger partial charge in [-0.2, -0.15) is 0 Å². The second-order valence-corrected chi connectivity index (χ2v) is 6.14. The number of amides is 1. The van der Waals surface area contributed by atoms with E-state index in [4.69, 9.17) is 14.2 Å². The van der Waals surface area contributed by atoms with Crippen LogP contribution in [0.25, 0.3) is 0 Å². The quantitative estimate of drug-likeness (QED) is 0.802. The zero-order valence-corrected chi connectivity index (χ0v) is 14.3. The average molecular weight is 325 g/mol. The van der Waals surface area contributed by atoms with Crippen molar-refractivity contribution < 1.29 is 19.0 Å². The van der Waals surface area contributed by atoms with Gasteiger partial charge in [-0.05, 0) is 0 Å². The van der Waals surface area contributed by atoms with E-state index in [9.17, 15) is 4.79 Å². The highest BCUT2D eigenvalue weighted by Crippen LogP contribution is 2.19. The molecule has 1 aliphatic heterocycles. The molecular weight excluding hydrogens is 298 g/mol. The summed E-state index contributed by atoms with van der Waals surface area (Å²) in [6.07, 6.45) is 3.38. The predicted octanol–water partition coefficient (Wildman–Crippen LogP) is 0.799. The van der Waals surface area contributed by atoms with Gasteiger partial charge in [0.05, 0.1) is 19.3 Å². The Kier molecular flexibility index (Phi) is 6.56. The Morgan fingerprint density at radius 3 is 2.87 bits per heavy atom. The number of ether oxygens (including phenoxy) is 3. The highest BCUT2D eigenvalue weighted by Gasteiger charge is 2.34. The topological polar surface area (TPSA) is 74.6 Å². The first kappa shape index (κ1) is 17.9. The molecule has 0 radical (unpaired) electrons. The second kappa shape index (κ2) is 8.42. The van der Waals surface area contributed by atoms with Crippen LogP contribution < -0.4 is 5.32 Å². The lowest BCUT2D eigenvalue weighted by Crippen LogP contribution is -2.50. The molecule has 7 nitrogen and oxygen atoms in total. The first-order chi connectivity index (χ1) is 11.1. The lowest BCUT2D eigenvalue weighted by Gasteiger charge is -2.36. The molecule has 1 aliphatic rings. The van der Waals surface area contributed by atoms with E-state index >= 15 is 0 Å². The summed E-state index contributed by atoms with van der Waals surface area (Å²) in [6.45, 7) is 5.97. The van der Waals surface area contributed by atoms with Gasteiger partial charge in [0.15, 0.2) is 0 Å². The van der Waals surface area contributed by atoms with Gasteiger partial charge in [0.1, 0.15) is 18.5 Å². The molecule has 1 saturated heterocycles. The van der Waals surface area contributed by atoms with Gasteiger partial charge in [0, 0.05) is 45.0 Å². The summed E-state index contributed by atoms with van der Waals surface area (Å²) < 4.78 is 18.3. The van der Waals surface area contributed by atoms with Crippen molar-refractivity contribution in [1.82, 2.24) is 14.9 Å². The number of carbonyl (C=O) groups excluding carboxylic acids is 1. The van der Waals surface area contributed by atoms with Gasteiger partial charge in [0.25, 0.3) is 0 Å². The van der Waals surface area contributed by atoms with Crippen LogP contribution in [0.1, 0.15) is 25.6 Å². The highest BCUT2D eigenvalue weighted by molar-refractivity contribution is 5.75. The van der Waals surface area contributed by atoms with Crippen LogP contribution in [0, 0.1) is 5.92 Å². The fraction of sp³-hybridized carbons (Fsp3) is 0.750. The lowest BCUT2D eigenvalue weighted by molar-refractivity contribution is -0.147. The molecule has 0 spiro atoms. The number of aromatic nitrogens is 2. The van der Waals surface area contributed by atoms with Gasteiger partial charge in [-0.1, -0.05) is 13.8 Å². The maximum absolute atomic E-state index is 12.2. The maximum Gasteiger partial charge on any atom is 0.239 e. The Bertz CT molecular complexity index is 503. The predicted molar refractivity (Wildman–Crippen MR) is 85.2 cm³/mol. The molecule has 2 rings (SSSR count). The van der Waals surface area contributed by atoms with Gasteiger partial charge in [-0.15, -0.1) is 0 Å². The van der Waals surface area contributed by atoms with E-state index in [0.717, 1.165) is 5.82 Å². The van der Waals surface area contributed by atoms with E-state index in [1.54, 1.807) is 20.4 Å². The van der Waals surface area contributed by atoms with Crippen LogP contribution in [-0.4, -0.2) is 61.6 Å². The van der Waals surface area contributed by atoms with E-state index in [1.807, 2.05) is 10.8 Å². The standard InChI is InChI=1S/C16H27N3O4/c1-11(2)16-17-5-6-19(16)8-14(20)18-7-12-9-23-10-13(21-3)15(12)22-4/h5-6,11-13,15H,7-10H2,1-4H3,(H,18,20)/t12-,13-,15+/m1/s1. The van der Waals surface area contributed by atoms with E-state index in [2.05, 4.69) is 24.1 Å². The van der Waals surface area contributed by atoms with Crippen LogP contribution in [0.15, 0.2) is 12.4 Å². The Balaban J connectivity index is 1.87. The molecule has 0 aliphatic carbocycles. The fourth-order valence-electron chi connectivity index (χ4n) is 2.96. The number of methoxy groups -OCH3 is 2. The molecule has 1 N–H and O–H groups in total. The molecule has 23 heavy (non-hydrogen) atoms. The third kappa shape index (κ3) is 4.53. The summed E-state index contributed by atoms with van der Waals surface area (Å²) >= 11 is 0. The Morgan fingerprint density at radius 2 is 2.22 bits per heavy atom. The lowest BCUT2D eigenvalue weighted by atomic mass is 9.96. The van der Waals surface area contributed by atoms with Gasteiger partial charge in [-0.25, -0.2) is 4.98 Å². The van der Waals surface area contributed by atoms with E-state index < -0.39 is 0 Å². The smallest absolute Gasteiger partial charge is 0.239 e. The molecule has 130 valence electrons. The van der Waals surface area contributed by atoms with Crippen molar-refractivity contribution in [2.24, 2.45) is 5.92 Å². The molecule has 1 aromatic heterocycles. The van der Waals surface area contributed by atoms with Crippen LogP contribution in [-0.2, 0) is 25.5 Å². The summed E-state index contributed by atoms with van der Waals surface area (Å²) in [5.41, 5.74) is 0. The van der Waals surface area contributed by atoms with Crippen molar-refractivity contribution in [3.05, 3.63) is 18.2 Å². The molecule has 7 heteroatoms. The third-order valence-electron chi connectivity index (χ3n) is 4.16. The molecule has 3 atom stereocenters. The van der Waals surface area contributed by atoms with Crippen LogP contribution >= 0.6 is 0 Å². The molecule has 1 fully saturated rings. The SMILES string of the molecule is CO[C@H]1[C@H](CNC(=O)Cn2ccnc2C(C)C)COC[C@H]1OC. The zero-order valence-electron chi connectivity index (χ0n) is 14.3. The molecule has 0 saturated carbocycles. The Labute approximate surface area is 137 Å². The Hall–Kier alpha value is -1.44. The average Bonchev–Trinajstić information content (AvgIpc) is 3.00. The van der Waals surface area contributed by atoms with Gasteiger partial charge < -0.3 is 24.1 Å². The van der Waals surface area contributed by atoms with Crippen molar-refractivity contribution in [1.29, 1.82) is 0 Å². The van der Waals surface area contributed by atoms with E-state index in [0.29, 0.717) is 19.8 Å². The third-order valence-corrected chi connectivity index (χ3v) is 4.16. The molecule has 0 bridgehead atoms. The molecule has 0 unspecified atom stereocenters. The Morgan fingerprint density at radius 1 is 1.43 bits per heavy atom. The van der Waals surface area contributed by atoms with Crippen molar-refractivity contribution in [2.75, 3.05) is 34.0 Å². The number of rotatable bonds is 7.